The van der Waals surface area contributed by atoms with Crippen molar-refractivity contribution in [1.82, 2.24) is 15.2 Å². The van der Waals surface area contributed by atoms with Crippen LogP contribution in [0.2, 0.25) is 0 Å². The predicted octanol–water partition coefficient (Wildman–Crippen LogP) is 2.89. The molecule has 0 radical (unpaired) electrons. The zero-order valence-electron chi connectivity index (χ0n) is 17.2. The maximum Gasteiger partial charge on any atom is 0.315 e. The molecule has 0 saturated carbocycles. The van der Waals surface area contributed by atoms with E-state index in [1.54, 1.807) is 30.5 Å². The monoisotopic (exact) mass is 437 g/mol. The maximum atomic E-state index is 13.2. The van der Waals surface area contributed by atoms with Crippen LogP contribution in [0.25, 0.3) is 11.1 Å². The molecule has 1 aliphatic heterocycles. The molecule has 3 rings (SSSR count). The van der Waals surface area contributed by atoms with E-state index in [-0.39, 0.29) is 6.04 Å². The zero-order chi connectivity index (χ0) is 22.4. The first-order chi connectivity index (χ1) is 14.9. The molecule has 6 nitrogen and oxygen atoms in total. The van der Waals surface area contributed by atoms with E-state index in [1.807, 2.05) is 17.4 Å². The van der Waals surface area contributed by atoms with Crippen LogP contribution in [0.15, 0.2) is 42.6 Å². The smallest absolute Gasteiger partial charge is 0.315 e. The number of pyridine rings is 1. The minimum absolute atomic E-state index is 0.177. The third kappa shape index (κ3) is 5.81. The Morgan fingerprint density at radius 3 is 2.35 bits per heavy atom. The van der Waals surface area contributed by atoms with Gasteiger partial charge in [-0.05, 0) is 24.1 Å². The molecule has 1 aromatic heterocycles. The predicted molar refractivity (Wildman–Crippen MR) is 109 cm³/mol. The Labute approximate surface area is 179 Å². The van der Waals surface area contributed by atoms with Gasteiger partial charge in [-0.15, -0.1) is 0 Å². The highest BCUT2D eigenvalue weighted by atomic mass is 19.3. The summed E-state index contributed by atoms with van der Waals surface area (Å²) in [5.74, 6) is -1.62. The number of aliphatic hydroxyl groups is 1. The number of aromatic nitrogens is 1. The number of nitrogens with zero attached hydrogens (tertiary/aromatic N) is 2. The van der Waals surface area contributed by atoms with Gasteiger partial charge in [-0.1, -0.05) is 30.3 Å². The van der Waals surface area contributed by atoms with E-state index in [4.69, 9.17) is 4.74 Å². The number of morpholine rings is 1. The fourth-order valence-corrected chi connectivity index (χ4v) is 3.53. The summed E-state index contributed by atoms with van der Waals surface area (Å²) in [6.45, 7) is 4.11. The molecular weight excluding hydrogens is 411 g/mol. The molecule has 1 fully saturated rings. The number of rotatable bonds is 8. The number of halogens is 3. The molecule has 2 N–H and O–H groups in total. The summed E-state index contributed by atoms with van der Waals surface area (Å²) in [5.41, 5.74) is 2.97. The van der Waals surface area contributed by atoms with Crippen LogP contribution >= 0.6 is 0 Å². The van der Waals surface area contributed by atoms with Crippen LogP contribution in [0.1, 0.15) is 30.3 Å². The van der Waals surface area contributed by atoms with Crippen LogP contribution in [0.5, 0.6) is 0 Å². The van der Waals surface area contributed by atoms with Crippen LogP contribution in [-0.2, 0) is 9.53 Å². The number of carbonyl (C=O) groups excluding carboxylic acids is 1. The number of carbonyl (C=O) groups is 1. The van der Waals surface area contributed by atoms with Crippen molar-refractivity contribution >= 4 is 5.91 Å². The number of alkyl halides is 3. The van der Waals surface area contributed by atoms with Gasteiger partial charge in [-0.2, -0.15) is 8.78 Å². The van der Waals surface area contributed by atoms with E-state index in [2.05, 4.69) is 16.8 Å². The van der Waals surface area contributed by atoms with Gasteiger partial charge in [0.15, 0.2) is 0 Å². The van der Waals surface area contributed by atoms with E-state index in [1.165, 1.54) is 0 Å². The average molecular weight is 437 g/mol. The second-order valence-electron chi connectivity index (χ2n) is 7.43. The SMILES string of the molecule is CC(c1ccc(-c2ccc([C@H](O)[C@@H](CF)NC(=O)C(F)F)cc2)cn1)N1CCOCC1. The number of nitrogens with one attached hydrogen (secondary N) is 1. The van der Waals surface area contributed by atoms with Crippen molar-refractivity contribution in [3.8, 4) is 11.1 Å². The minimum Gasteiger partial charge on any atom is -0.386 e. The van der Waals surface area contributed by atoms with E-state index >= 15 is 0 Å². The first-order valence-electron chi connectivity index (χ1n) is 10.1. The molecule has 3 atom stereocenters. The average Bonchev–Trinajstić information content (AvgIpc) is 2.82. The number of benzene rings is 1. The summed E-state index contributed by atoms with van der Waals surface area (Å²) in [6.07, 6.45) is -2.95. The molecule has 1 aromatic carbocycles. The Hall–Kier alpha value is -2.49. The summed E-state index contributed by atoms with van der Waals surface area (Å²) in [6, 6.07) is 9.25. The number of aliphatic hydroxyl groups excluding tert-OH is 1. The Bertz CT molecular complexity index is 843. The van der Waals surface area contributed by atoms with E-state index in [0.29, 0.717) is 5.56 Å². The molecule has 9 heteroatoms. The highest BCUT2D eigenvalue weighted by molar-refractivity contribution is 5.79. The molecular formula is C22H26F3N3O3. The number of hydrogen-bond donors (Lipinski definition) is 2. The topological polar surface area (TPSA) is 74.7 Å². The van der Waals surface area contributed by atoms with Crippen molar-refractivity contribution in [2.75, 3.05) is 33.0 Å². The fraction of sp³-hybridized carbons (Fsp3) is 0.455. The van der Waals surface area contributed by atoms with Gasteiger partial charge in [0.25, 0.3) is 5.91 Å². The highest BCUT2D eigenvalue weighted by Gasteiger charge is 2.26. The second kappa shape index (κ2) is 10.7. The molecule has 2 heterocycles. The summed E-state index contributed by atoms with van der Waals surface area (Å²) >= 11 is 0. The molecule has 0 aliphatic carbocycles. The van der Waals surface area contributed by atoms with Gasteiger partial charge >= 0.3 is 6.43 Å². The second-order valence-corrected chi connectivity index (χ2v) is 7.43. The first-order valence-corrected chi connectivity index (χ1v) is 10.1. The molecule has 0 bridgehead atoms. The third-order valence-electron chi connectivity index (χ3n) is 5.47. The molecule has 31 heavy (non-hydrogen) atoms. The van der Waals surface area contributed by atoms with Gasteiger partial charge in [0.05, 0.1) is 24.9 Å². The number of amides is 1. The van der Waals surface area contributed by atoms with Crippen LogP contribution < -0.4 is 5.32 Å². The van der Waals surface area contributed by atoms with Crippen LogP contribution in [0, 0.1) is 0 Å². The summed E-state index contributed by atoms with van der Waals surface area (Å²) in [5, 5.41) is 12.1. The van der Waals surface area contributed by atoms with E-state index in [9.17, 15) is 23.1 Å². The molecule has 0 spiro atoms. The van der Waals surface area contributed by atoms with Crippen molar-refractivity contribution in [2.24, 2.45) is 0 Å². The summed E-state index contributed by atoms with van der Waals surface area (Å²) < 4.78 is 43.3. The van der Waals surface area contributed by atoms with Gasteiger partial charge in [0.1, 0.15) is 12.8 Å². The van der Waals surface area contributed by atoms with Crippen LogP contribution in [0.4, 0.5) is 13.2 Å². The van der Waals surface area contributed by atoms with Crippen molar-refractivity contribution in [3.63, 3.8) is 0 Å². The lowest BCUT2D eigenvalue weighted by Crippen LogP contribution is -2.43. The third-order valence-corrected chi connectivity index (χ3v) is 5.47. The van der Waals surface area contributed by atoms with Crippen LogP contribution in [-0.4, -0.2) is 66.3 Å². The normalized spacial score (nSPS) is 17.9. The summed E-state index contributed by atoms with van der Waals surface area (Å²) in [7, 11) is 0. The zero-order valence-corrected chi connectivity index (χ0v) is 17.2. The fourth-order valence-electron chi connectivity index (χ4n) is 3.53. The lowest BCUT2D eigenvalue weighted by Gasteiger charge is -2.31. The molecule has 168 valence electrons. The van der Waals surface area contributed by atoms with Crippen LogP contribution in [0.3, 0.4) is 0 Å². The minimum atomic E-state index is -3.27. The molecule has 1 saturated heterocycles. The molecule has 1 unspecified atom stereocenters. The lowest BCUT2D eigenvalue weighted by molar-refractivity contribution is -0.133. The lowest BCUT2D eigenvalue weighted by atomic mass is 9.99. The molecule has 1 amide bonds. The van der Waals surface area contributed by atoms with E-state index in [0.717, 1.165) is 43.1 Å². The van der Waals surface area contributed by atoms with Gasteiger partial charge in [0, 0.05) is 30.9 Å². The highest BCUT2D eigenvalue weighted by Crippen LogP contribution is 2.26. The summed E-state index contributed by atoms with van der Waals surface area (Å²) in [4.78, 5) is 18.0. The Morgan fingerprint density at radius 2 is 1.81 bits per heavy atom. The molecule has 1 aliphatic rings. The Balaban J connectivity index is 1.67. The van der Waals surface area contributed by atoms with E-state index < -0.39 is 31.2 Å². The molecule has 2 aromatic rings. The standard InChI is InChI=1S/C22H26F3N3O3/c1-14(28-8-10-31-11-9-28)18-7-6-17(13-26-18)15-2-4-16(5-3-15)20(29)19(12-23)27-22(30)21(24)25/h2-7,13-14,19-21,29H,8-12H2,1H3,(H,27,30)/t14?,19-,20+/m1/s1. The Kier molecular flexibility index (Phi) is 8.00. The van der Waals surface area contributed by atoms with Gasteiger partial charge < -0.3 is 15.2 Å². The quantitative estimate of drug-likeness (QED) is 0.664. The number of ether oxygens (including phenoxy) is 1. The first kappa shape index (κ1) is 23.2. The van der Waals surface area contributed by atoms with Gasteiger partial charge in [0.2, 0.25) is 0 Å². The van der Waals surface area contributed by atoms with Gasteiger partial charge in [-0.25, -0.2) is 4.39 Å². The van der Waals surface area contributed by atoms with Crippen molar-refractivity contribution in [1.29, 1.82) is 0 Å². The van der Waals surface area contributed by atoms with Crippen molar-refractivity contribution in [3.05, 3.63) is 53.9 Å². The van der Waals surface area contributed by atoms with Crippen molar-refractivity contribution < 1.29 is 27.8 Å². The van der Waals surface area contributed by atoms with Gasteiger partial charge in [-0.3, -0.25) is 14.7 Å². The van der Waals surface area contributed by atoms with Crippen molar-refractivity contribution in [2.45, 2.75) is 31.5 Å². The largest absolute Gasteiger partial charge is 0.386 e. The Morgan fingerprint density at radius 1 is 1.16 bits per heavy atom. The maximum absolute atomic E-state index is 13.2. The number of hydrogen-bond acceptors (Lipinski definition) is 5.